The van der Waals surface area contributed by atoms with Crippen LogP contribution in [0.3, 0.4) is 0 Å². The highest BCUT2D eigenvalue weighted by Crippen LogP contribution is 2.33. The maximum absolute atomic E-state index is 12.4. The Balaban J connectivity index is 1.61. The summed E-state index contributed by atoms with van der Waals surface area (Å²) in [7, 11) is 1.66. The Hall–Kier alpha value is -3.19. The second-order valence-electron chi connectivity index (χ2n) is 7.66. The van der Waals surface area contributed by atoms with Gasteiger partial charge in [-0.05, 0) is 56.1 Å². The summed E-state index contributed by atoms with van der Waals surface area (Å²) >= 11 is 0. The third-order valence-corrected chi connectivity index (χ3v) is 5.58. The zero-order valence-corrected chi connectivity index (χ0v) is 18.0. The summed E-state index contributed by atoms with van der Waals surface area (Å²) in [6.07, 6.45) is 6.63. The Labute approximate surface area is 182 Å². The first-order valence-corrected chi connectivity index (χ1v) is 10.7. The van der Waals surface area contributed by atoms with E-state index in [1.165, 1.54) is 0 Å². The van der Waals surface area contributed by atoms with Crippen LogP contribution < -0.4 is 15.0 Å². The number of aromatic nitrogens is 3. The lowest BCUT2D eigenvalue weighted by Gasteiger charge is -2.35. The summed E-state index contributed by atoms with van der Waals surface area (Å²) in [5.41, 5.74) is 2.68. The normalized spacial score (nSPS) is 16.8. The smallest absolute Gasteiger partial charge is 0.251 e. The predicted octanol–water partition coefficient (Wildman–Crippen LogP) is 3.97. The van der Waals surface area contributed by atoms with Gasteiger partial charge in [-0.25, -0.2) is 4.98 Å². The van der Waals surface area contributed by atoms with Crippen molar-refractivity contribution in [3.8, 4) is 22.9 Å². The first-order chi connectivity index (χ1) is 15.2. The second-order valence-corrected chi connectivity index (χ2v) is 7.66. The lowest BCUT2D eigenvalue weighted by atomic mass is 9.98. The van der Waals surface area contributed by atoms with Crippen molar-refractivity contribution < 1.29 is 9.47 Å². The molecule has 1 aromatic carbocycles. The van der Waals surface area contributed by atoms with E-state index < -0.39 is 0 Å². The summed E-state index contributed by atoms with van der Waals surface area (Å²) in [6.45, 7) is 4.27. The van der Waals surface area contributed by atoms with Gasteiger partial charge in [0, 0.05) is 30.6 Å². The van der Waals surface area contributed by atoms with Crippen molar-refractivity contribution in [2.75, 3.05) is 20.3 Å². The molecule has 162 valence electrons. The summed E-state index contributed by atoms with van der Waals surface area (Å²) in [6, 6.07) is 11.5. The summed E-state index contributed by atoms with van der Waals surface area (Å²) in [4.78, 5) is 26.5. The molecule has 3 heterocycles. The largest absolute Gasteiger partial charge is 0.493 e. The van der Waals surface area contributed by atoms with Gasteiger partial charge >= 0.3 is 0 Å². The van der Waals surface area contributed by atoms with E-state index in [4.69, 9.17) is 14.5 Å². The highest BCUT2D eigenvalue weighted by molar-refractivity contribution is 5.53. The fourth-order valence-corrected chi connectivity index (χ4v) is 4.13. The van der Waals surface area contributed by atoms with Crippen LogP contribution in [-0.2, 0) is 6.54 Å². The van der Waals surface area contributed by atoms with Gasteiger partial charge in [0.25, 0.3) is 5.56 Å². The SMILES string of the molecule is CCOc1ccc(CN2CCCCC2c2cc(=O)[nH]c(-c3ccncc3)n2)cc1OC. The van der Waals surface area contributed by atoms with Crippen molar-refractivity contribution in [1.82, 2.24) is 19.9 Å². The van der Waals surface area contributed by atoms with Gasteiger partial charge in [0.05, 0.1) is 25.5 Å². The molecule has 4 rings (SSSR count). The van der Waals surface area contributed by atoms with E-state index in [-0.39, 0.29) is 11.6 Å². The van der Waals surface area contributed by atoms with E-state index in [2.05, 4.69) is 20.9 Å². The standard InChI is InChI=1S/C24H28N4O3/c1-3-31-21-8-7-17(14-22(21)30-2)16-28-13-5-4-6-20(28)19-15-23(29)27-24(26-19)18-9-11-25-12-10-18/h7-12,14-15,20H,3-6,13,16H2,1-2H3,(H,26,27,29). The molecule has 1 unspecified atom stereocenters. The molecule has 3 aromatic rings. The molecular formula is C24H28N4O3. The number of piperidine rings is 1. The number of rotatable bonds is 7. The Bertz CT molecular complexity index is 1070. The van der Waals surface area contributed by atoms with Crippen LogP contribution >= 0.6 is 0 Å². The fourth-order valence-electron chi connectivity index (χ4n) is 4.13. The summed E-state index contributed by atoms with van der Waals surface area (Å²) in [5.74, 6) is 2.07. The van der Waals surface area contributed by atoms with Crippen LogP contribution in [0.15, 0.2) is 53.6 Å². The number of nitrogens with one attached hydrogen (secondary N) is 1. The van der Waals surface area contributed by atoms with E-state index in [1.54, 1.807) is 25.6 Å². The molecule has 7 heteroatoms. The Morgan fingerprint density at radius 3 is 2.74 bits per heavy atom. The number of likely N-dealkylation sites (tertiary alicyclic amines) is 1. The van der Waals surface area contributed by atoms with Gasteiger partial charge in [0.1, 0.15) is 5.82 Å². The molecule has 0 spiro atoms. The van der Waals surface area contributed by atoms with Gasteiger partial charge < -0.3 is 14.5 Å². The highest BCUT2D eigenvalue weighted by atomic mass is 16.5. The zero-order valence-electron chi connectivity index (χ0n) is 18.0. The van der Waals surface area contributed by atoms with Crippen LogP contribution in [0.1, 0.15) is 43.5 Å². The zero-order chi connectivity index (χ0) is 21.6. The van der Waals surface area contributed by atoms with Crippen LogP contribution in [0.5, 0.6) is 11.5 Å². The molecule has 7 nitrogen and oxygen atoms in total. The third-order valence-electron chi connectivity index (χ3n) is 5.58. The fraction of sp³-hybridized carbons (Fsp3) is 0.375. The maximum Gasteiger partial charge on any atom is 0.251 e. The molecule has 1 atom stereocenters. The molecular weight excluding hydrogens is 392 g/mol. The molecule has 0 radical (unpaired) electrons. The minimum atomic E-state index is -0.134. The molecule has 1 aliphatic heterocycles. The van der Waals surface area contributed by atoms with Gasteiger partial charge in [0.2, 0.25) is 0 Å². The number of benzene rings is 1. The van der Waals surface area contributed by atoms with Crippen LogP contribution in [0.4, 0.5) is 0 Å². The maximum atomic E-state index is 12.4. The minimum absolute atomic E-state index is 0.0919. The molecule has 1 N–H and O–H groups in total. The molecule has 1 aliphatic rings. The van der Waals surface area contributed by atoms with Gasteiger partial charge in [-0.3, -0.25) is 14.7 Å². The topological polar surface area (TPSA) is 80.3 Å². The van der Waals surface area contributed by atoms with Crippen molar-refractivity contribution >= 4 is 0 Å². The summed E-state index contributed by atoms with van der Waals surface area (Å²) in [5, 5.41) is 0. The van der Waals surface area contributed by atoms with E-state index in [0.717, 1.165) is 60.7 Å². The Kier molecular flexibility index (Phi) is 6.62. The molecule has 1 saturated heterocycles. The molecule has 0 aliphatic carbocycles. The molecule has 1 fully saturated rings. The number of methoxy groups -OCH3 is 1. The van der Waals surface area contributed by atoms with Crippen LogP contribution in [-0.4, -0.2) is 40.1 Å². The first-order valence-electron chi connectivity index (χ1n) is 10.7. The number of aromatic amines is 1. The number of ether oxygens (including phenoxy) is 2. The average molecular weight is 421 g/mol. The highest BCUT2D eigenvalue weighted by Gasteiger charge is 2.26. The molecule has 0 bridgehead atoms. The summed E-state index contributed by atoms with van der Waals surface area (Å²) < 4.78 is 11.2. The van der Waals surface area contributed by atoms with E-state index in [1.807, 2.05) is 31.2 Å². The predicted molar refractivity (Wildman–Crippen MR) is 119 cm³/mol. The lowest BCUT2D eigenvalue weighted by molar-refractivity contribution is 0.137. The van der Waals surface area contributed by atoms with Gasteiger partial charge in [-0.2, -0.15) is 0 Å². The number of hydrogen-bond acceptors (Lipinski definition) is 6. The average Bonchev–Trinajstić information content (AvgIpc) is 2.81. The van der Waals surface area contributed by atoms with E-state index >= 15 is 0 Å². The second kappa shape index (κ2) is 9.75. The Morgan fingerprint density at radius 1 is 1.13 bits per heavy atom. The first kappa shape index (κ1) is 21.1. The number of H-pyrrole nitrogens is 1. The monoisotopic (exact) mass is 420 g/mol. The number of nitrogens with zero attached hydrogens (tertiary/aromatic N) is 3. The third kappa shape index (κ3) is 4.94. The van der Waals surface area contributed by atoms with Crippen molar-refractivity contribution in [3.05, 3.63) is 70.4 Å². The number of pyridine rings is 1. The minimum Gasteiger partial charge on any atom is -0.493 e. The van der Waals surface area contributed by atoms with Gasteiger partial charge in [-0.15, -0.1) is 0 Å². The molecule has 2 aromatic heterocycles. The van der Waals surface area contributed by atoms with Crippen molar-refractivity contribution in [2.45, 2.75) is 38.8 Å². The quantitative estimate of drug-likeness (QED) is 0.623. The Morgan fingerprint density at radius 2 is 1.97 bits per heavy atom. The van der Waals surface area contributed by atoms with E-state index in [9.17, 15) is 4.79 Å². The van der Waals surface area contributed by atoms with Crippen LogP contribution in [0.2, 0.25) is 0 Å². The van der Waals surface area contributed by atoms with Crippen molar-refractivity contribution in [3.63, 3.8) is 0 Å². The molecule has 0 saturated carbocycles. The van der Waals surface area contributed by atoms with Crippen molar-refractivity contribution in [2.24, 2.45) is 0 Å². The van der Waals surface area contributed by atoms with Crippen molar-refractivity contribution in [1.29, 1.82) is 0 Å². The molecule has 0 amide bonds. The van der Waals surface area contributed by atoms with Crippen LogP contribution in [0, 0.1) is 0 Å². The number of hydrogen-bond donors (Lipinski definition) is 1. The van der Waals surface area contributed by atoms with Gasteiger partial charge in [-0.1, -0.05) is 12.5 Å². The van der Waals surface area contributed by atoms with Gasteiger partial charge in [0.15, 0.2) is 11.5 Å². The molecule has 31 heavy (non-hydrogen) atoms. The lowest BCUT2D eigenvalue weighted by Crippen LogP contribution is -2.34. The van der Waals surface area contributed by atoms with Crippen LogP contribution in [0.25, 0.3) is 11.4 Å². The van der Waals surface area contributed by atoms with E-state index in [0.29, 0.717) is 12.4 Å².